The van der Waals surface area contributed by atoms with Gasteiger partial charge in [-0.25, -0.2) is 9.07 Å². The van der Waals surface area contributed by atoms with Crippen LogP contribution in [0, 0.1) is 5.82 Å². The predicted molar refractivity (Wildman–Crippen MR) is 123 cm³/mol. The normalized spacial score (nSPS) is 12.1. The van der Waals surface area contributed by atoms with Gasteiger partial charge in [-0.05, 0) is 68.4 Å². The van der Waals surface area contributed by atoms with Gasteiger partial charge in [-0.2, -0.15) is 4.98 Å². The van der Waals surface area contributed by atoms with Crippen molar-refractivity contribution in [3.8, 4) is 34.6 Å². The Kier molecular flexibility index (Phi) is 5.59. The van der Waals surface area contributed by atoms with Gasteiger partial charge in [0, 0.05) is 16.8 Å². The number of carbonyl (C=O) groups excluding carboxylic acids is 1. The highest BCUT2D eigenvalue weighted by Crippen LogP contribution is 2.32. The minimum atomic E-state index is -0.375. The minimum absolute atomic E-state index is 0.120. The zero-order chi connectivity index (χ0) is 23.7. The summed E-state index contributed by atoms with van der Waals surface area (Å²) in [7, 11) is 0. The second-order valence-electron chi connectivity index (χ2n) is 7.88. The van der Waals surface area contributed by atoms with Gasteiger partial charge in [0.2, 0.25) is 6.79 Å². The fourth-order valence-electron chi connectivity index (χ4n) is 3.48. The summed E-state index contributed by atoms with van der Waals surface area (Å²) >= 11 is 0. The SMILES string of the molecule is CC(C)Oc1nc(-c2cccc(F)c2)n(-c2ccc(NC(=O)c3ccc4c(c3)OCO4)cc2)n1. The van der Waals surface area contributed by atoms with E-state index in [1.54, 1.807) is 59.3 Å². The Bertz CT molecular complexity index is 1350. The summed E-state index contributed by atoms with van der Waals surface area (Å²) in [6.45, 7) is 3.89. The molecule has 1 N–H and O–H groups in total. The van der Waals surface area contributed by atoms with Crippen molar-refractivity contribution in [2.45, 2.75) is 20.0 Å². The third-order valence-corrected chi connectivity index (χ3v) is 5.02. The van der Waals surface area contributed by atoms with Gasteiger partial charge < -0.3 is 19.5 Å². The number of benzene rings is 3. The quantitative estimate of drug-likeness (QED) is 0.443. The van der Waals surface area contributed by atoms with E-state index in [0.717, 1.165) is 0 Å². The van der Waals surface area contributed by atoms with E-state index in [4.69, 9.17) is 14.2 Å². The van der Waals surface area contributed by atoms with Crippen molar-refractivity contribution >= 4 is 11.6 Å². The molecule has 172 valence electrons. The first-order chi connectivity index (χ1) is 16.5. The highest BCUT2D eigenvalue weighted by Gasteiger charge is 2.18. The first-order valence-electron chi connectivity index (χ1n) is 10.7. The summed E-state index contributed by atoms with van der Waals surface area (Å²) in [4.78, 5) is 17.1. The smallest absolute Gasteiger partial charge is 0.336 e. The van der Waals surface area contributed by atoms with E-state index in [9.17, 15) is 9.18 Å². The molecule has 3 aromatic carbocycles. The number of rotatable bonds is 6. The van der Waals surface area contributed by atoms with Gasteiger partial charge in [-0.15, -0.1) is 5.10 Å². The minimum Gasteiger partial charge on any atom is -0.460 e. The molecule has 5 rings (SSSR count). The summed E-state index contributed by atoms with van der Waals surface area (Å²) in [6, 6.07) is 18.4. The van der Waals surface area contributed by atoms with Gasteiger partial charge in [0.15, 0.2) is 17.3 Å². The molecule has 0 unspecified atom stereocenters. The molecule has 2 heterocycles. The standard InChI is InChI=1S/C25H21FN4O4/c1-15(2)34-25-28-23(16-4-3-5-18(26)12-16)30(29-25)20-9-7-19(8-10-20)27-24(31)17-6-11-21-22(13-17)33-14-32-21/h3-13,15H,14H2,1-2H3,(H,27,31). The van der Waals surface area contributed by atoms with E-state index in [2.05, 4.69) is 15.4 Å². The Labute approximate surface area is 194 Å². The fourth-order valence-corrected chi connectivity index (χ4v) is 3.48. The first-order valence-corrected chi connectivity index (χ1v) is 10.7. The van der Waals surface area contributed by atoms with E-state index >= 15 is 0 Å². The number of fused-ring (bicyclic) bond motifs is 1. The van der Waals surface area contributed by atoms with Crippen LogP contribution in [0.3, 0.4) is 0 Å². The van der Waals surface area contributed by atoms with Crippen molar-refractivity contribution in [2.24, 2.45) is 0 Å². The Morgan fingerprint density at radius 1 is 1.06 bits per heavy atom. The monoisotopic (exact) mass is 460 g/mol. The predicted octanol–water partition coefficient (Wildman–Crippen LogP) is 4.84. The largest absolute Gasteiger partial charge is 0.460 e. The molecular weight excluding hydrogens is 439 g/mol. The molecule has 1 aliphatic rings. The van der Waals surface area contributed by atoms with E-state index in [1.165, 1.54) is 12.1 Å². The van der Waals surface area contributed by atoms with Crippen LogP contribution in [0.2, 0.25) is 0 Å². The second-order valence-corrected chi connectivity index (χ2v) is 7.88. The second kappa shape index (κ2) is 8.86. The van der Waals surface area contributed by atoms with Crippen LogP contribution < -0.4 is 19.5 Å². The lowest BCUT2D eigenvalue weighted by Crippen LogP contribution is -2.12. The van der Waals surface area contributed by atoms with E-state index in [1.807, 2.05) is 13.8 Å². The third kappa shape index (κ3) is 4.40. The van der Waals surface area contributed by atoms with Crippen LogP contribution in [0.1, 0.15) is 24.2 Å². The van der Waals surface area contributed by atoms with E-state index in [-0.39, 0.29) is 30.6 Å². The number of halogens is 1. The van der Waals surface area contributed by atoms with Gasteiger partial charge in [0.25, 0.3) is 5.91 Å². The third-order valence-electron chi connectivity index (χ3n) is 5.02. The molecule has 0 saturated carbocycles. The number of hydrogen-bond acceptors (Lipinski definition) is 6. The summed E-state index contributed by atoms with van der Waals surface area (Å²) in [5.74, 6) is 0.939. The zero-order valence-electron chi connectivity index (χ0n) is 18.5. The van der Waals surface area contributed by atoms with Crippen LogP contribution in [0.5, 0.6) is 17.5 Å². The summed E-state index contributed by atoms with van der Waals surface area (Å²) < 4.78 is 31.7. The maximum absolute atomic E-state index is 13.8. The molecule has 0 saturated heterocycles. The summed E-state index contributed by atoms with van der Waals surface area (Å²) in [5, 5.41) is 7.30. The molecule has 9 heteroatoms. The number of ether oxygens (including phenoxy) is 3. The van der Waals surface area contributed by atoms with Crippen molar-refractivity contribution in [1.82, 2.24) is 14.8 Å². The Morgan fingerprint density at radius 2 is 1.85 bits per heavy atom. The molecule has 0 atom stereocenters. The van der Waals surface area contributed by atoms with Gasteiger partial charge in [-0.1, -0.05) is 12.1 Å². The number of anilines is 1. The van der Waals surface area contributed by atoms with Crippen molar-refractivity contribution in [3.05, 3.63) is 78.1 Å². The number of amides is 1. The Hall–Kier alpha value is -4.40. The highest BCUT2D eigenvalue weighted by atomic mass is 19.1. The van der Waals surface area contributed by atoms with Gasteiger partial charge in [0.05, 0.1) is 11.8 Å². The number of aromatic nitrogens is 3. The average Bonchev–Trinajstić information content (AvgIpc) is 3.45. The molecule has 4 aromatic rings. The fraction of sp³-hybridized carbons (Fsp3) is 0.160. The summed E-state index contributed by atoms with van der Waals surface area (Å²) in [5.41, 5.74) is 2.28. The molecule has 1 aromatic heterocycles. The maximum Gasteiger partial charge on any atom is 0.336 e. The van der Waals surface area contributed by atoms with E-state index in [0.29, 0.717) is 39.8 Å². The van der Waals surface area contributed by atoms with Crippen LogP contribution in [-0.2, 0) is 0 Å². The van der Waals surface area contributed by atoms with E-state index < -0.39 is 0 Å². The first kappa shape index (κ1) is 21.4. The molecule has 0 aliphatic carbocycles. The molecule has 0 bridgehead atoms. The lowest BCUT2D eigenvalue weighted by Gasteiger charge is -2.09. The lowest BCUT2D eigenvalue weighted by atomic mass is 10.1. The van der Waals surface area contributed by atoms with Crippen molar-refractivity contribution < 1.29 is 23.4 Å². The molecule has 0 radical (unpaired) electrons. The number of carbonyl (C=O) groups is 1. The molecule has 8 nitrogen and oxygen atoms in total. The summed E-state index contributed by atoms with van der Waals surface area (Å²) in [6.07, 6.45) is -0.120. The number of hydrogen-bond donors (Lipinski definition) is 1. The molecule has 34 heavy (non-hydrogen) atoms. The molecule has 1 amide bonds. The number of nitrogens with zero attached hydrogens (tertiary/aromatic N) is 3. The highest BCUT2D eigenvalue weighted by molar-refractivity contribution is 6.04. The van der Waals surface area contributed by atoms with Crippen LogP contribution in [0.15, 0.2) is 66.7 Å². The van der Waals surface area contributed by atoms with Crippen LogP contribution in [-0.4, -0.2) is 33.6 Å². The zero-order valence-corrected chi connectivity index (χ0v) is 18.5. The Morgan fingerprint density at radius 3 is 2.62 bits per heavy atom. The van der Waals surface area contributed by atoms with Gasteiger partial charge in [0.1, 0.15) is 5.82 Å². The van der Waals surface area contributed by atoms with Crippen LogP contribution in [0.4, 0.5) is 10.1 Å². The molecule has 1 aliphatic heterocycles. The van der Waals surface area contributed by atoms with Crippen molar-refractivity contribution in [2.75, 3.05) is 12.1 Å². The average molecular weight is 460 g/mol. The molecule has 0 spiro atoms. The van der Waals surface area contributed by atoms with Crippen LogP contribution in [0.25, 0.3) is 17.1 Å². The van der Waals surface area contributed by atoms with Gasteiger partial charge in [-0.3, -0.25) is 4.79 Å². The number of nitrogens with one attached hydrogen (secondary N) is 1. The Balaban J connectivity index is 1.40. The van der Waals surface area contributed by atoms with Crippen molar-refractivity contribution in [3.63, 3.8) is 0 Å². The molecular formula is C25H21FN4O4. The van der Waals surface area contributed by atoms with Crippen LogP contribution >= 0.6 is 0 Å². The van der Waals surface area contributed by atoms with Gasteiger partial charge >= 0.3 is 6.01 Å². The topological polar surface area (TPSA) is 87.5 Å². The maximum atomic E-state index is 13.8. The lowest BCUT2D eigenvalue weighted by molar-refractivity contribution is 0.102. The molecule has 0 fully saturated rings. The van der Waals surface area contributed by atoms with Crippen molar-refractivity contribution in [1.29, 1.82) is 0 Å².